The molecular formula is C18H24ClN3O4. The van der Waals surface area contributed by atoms with Gasteiger partial charge in [0.15, 0.2) is 0 Å². The maximum atomic E-state index is 13.0. The Bertz CT molecular complexity index is 689. The van der Waals surface area contributed by atoms with E-state index in [9.17, 15) is 9.59 Å². The number of nitrogens with two attached hydrogens (primary N) is 1. The van der Waals surface area contributed by atoms with Gasteiger partial charge in [0, 0.05) is 38.2 Å². The lowest BCUT2D eigenvalue weighted by atomic mass is 9.89. The number of carbonyl (C=O) groups excluding carboxylic acids is 2. The SMILES string of the molecule is CN1CC2(CCN(C(=O)c3cc(Cl)ccc3OCCN)CC2)OCC1=O. The molecule has 0 aliphatic carbocycles. The number of benzene rings is 1. The number of amides is 2. The van der Waals surface area contributed by atoms with Crippen LogP contribution in [0, 0.1) is 0 Å². The number of likely N-dealkylation sites (N-methyl/N-ethyl adjacent to an activating group) is 1. The van der Waals surface area contributed by atoms with Crippen molar-refractivity contribution in [1.82, 2.24) is 9.80 Å². The van der Waals surface area contributed by atoms with E-state index in [1.165, 1.54) is 0 Å². The molecule has 1 spiro atoms. The van der Waals surface area contributed by atoms with Crippen molar-refractivity contribution in [2.24, 2.45) is 5.73 Å². The molecule has 8 heteroatoms. The molecule has 1 aromatic rings. The maximum absolute atomic E-state index is 13.0. The highest BCUT2D eigenvalue weighted by Crippen LogP contribution is 2.32. The Morgan fingerprint density at radius 1 is 1.38 bits per heavy atom. The van der Waals surface area contributed by atoms with E-state index in [1.807, 2.05) is 0 Å². The van der Waals surface area contributed by atoms with Crippen LogP contribution in [0.2, 0.25) is 5.02 Å². The fourth-order valence-electron chi connectivity index (χ4n) is 3.45. The van der Waals surface area contributed by atoms with E-state index in [0.29, 0.717) is 62.0 Å². The van der Waals surface area contributed by atoms with E-state index in [4.69, 9.17) is 26.8 Å². The monoisotopic (exact) mass is 381 g/mol. The van der Waals surface area contributed by atoms with Crippen LogP contribution in [0.4, 0.5) is 0 Å². The topological polar surface area (TPSA) is 85.1 Å². The third-order valence-electron chi connectivity index (χ3n) is 4.96. The van der Waals surface area contributed by atoms with Crippen molar-refractivity contribution in [2.45, 2.75) is 18.4 Å². The molecule has 26 heavy (non-hydrogen) atoms. The minimum absolute atomic E-state index is 0.00486. The van der Waals surface area contributed by atoms with Crippen molar-refractivity contribution < 1.29 is 19.1 Å². The average molecular weight is 382 g/mol. The van der Waals surface area contributed by atoms with Crippen LogP contribution in [0.25, 0.3) is 0 Å². The van der Waals surface area contributed by atoms with Crippen LogP contribution in [0.1, 0.15) is 23.2 Å². The summed E-state index contributed by atoms with van der Waals surface area (Å²) in [6.07, 6.45) is 1.38. The molecule has 0 saturated carbocycles. The lowest BCUT2D eigenvalue weighted by molar-refractivity contribution is -0.167. The number of carbonyl (C=O) groups is 2. The van der Waals surface area contributed by atoms with Gasteiger partial charge in [-0.1, -0.05) is 11.6 Å². The Morgan fingerprint density at radius 3 is 2.77 bits per heavy atom. The highest BCUT2D eigenvalue weighted by molar-refractivity contribution is 6.31. The summed E-state index contributed by atoms with van der Waals surface area (Å²) in [5.74, 6) is 0.369. The van der Waals surface area contributed by atoms with Crippen molar-refractivity contribution in [3.05, 3.63) is 28.8 Å². The number of likely N-dealkylation sites (tertiary alicyclic amines) is 1. The number of rotatable bonds is 4. The van der Waals surface area contributed by atoms with Gasteiger partial charge in [-0.25, -0.2) is 0 Å². The van der Waals surface area contributed by atoms with Crippen LogP contribution >= 0.6 is 11.6 Å². The minimum Gasteiger partial charge on any atom is -0.491 e. The minimum atomic E-state index is -0.355. The average Bonchev–Trinajstić information content (AvgIpc) is 2.64. The molecule has 2 aliphatic heterocycles. The summed E-state index contributed by atoms with van der Waals surface area (Å²) in [7, 11) is 1.79. The number of ether oxygens (including phenoxy) is 2. The van der Waals surface area contributed by atoms with Crippen LogP contribution in [0.5, 0.6) is 5.75 Å². The molecule has 0 unspecified atom stereocenters. The van der Waals surface area contributed by atoms with Crippen molar-refractivity contribution >= 4 is 23.4 Å². The molecule has 0 aromatic heterocycles. The predicted molar refractivity (Wildman–Crippen MR) is 97.5 cm³/mol. The first-order valence-electron chi connectivity index (χ1n) is 8.74. The largest absolute Gasteiger partial charge is 0.491 e. The fourth-order valence-corrected chi connectivity index (χ4v) is 3.62. The molecule has 2 heterocycles. The molecule has 2 amide bonds. The Labute approximate surface area is 158 Å². The van der Waals surface area contributed by atoms with E-state index >= 15 is 0 Å². The Kier molecular flexibility index (Phi) is 5.70. The van der Waals surface area contributed by atoms with Crippen molar-refractivity contribution in [3.8, 4) is 5.75 Å². The summed E-state index contributed by atoms with van der Waals surface area (Å²) in [5, 5.41) is 0.484. The molecule has 0 radical (unpaired) electrons. The quantitative estimate of drug-likeness (QED) is 0.845. The van der Waals surface area contributed by atoms with E-state index < -0.39 is 0 Å². The zero-order valence-electron chi connectivity index (χ0n) is 14.9. The van der Waals surface area contributed by atoms with Gasteiger partial charge in [0.05, 0.1) is 11.2 Å². The van der Waals surface area contributed by atoms with Gasteiger partial charge in [-0.05, 0) is 31.0 Å². The number of morpholine rings is 1. The van der Waals surface area contributed by atoms with Crippen LogP contribution in [-0.4, -0.2) is 73.7 Å². The van der Waals surface area contributed by atoms with Crippen LogP contribution in [0.3, 0.4) is 0 Å². The third-order valence-corrected chi connectivity index (χ3v) is 5.20. The first kappa shape index (κ1) is 18.9. The van der Waals surface area contributed by atoms with Gasteiger partial charge in [-0.15, -0.1) is 0 Å². The molecule has 2 fully saturated rings. The van der Waals surface area contributed by atoms with Crippen molar-refractivity contribution in [2.75, 3.05) is 46.4 Å². The standard InChI is InChI=1S/C18H24ClN3O4/c1-21-12-18(26-11-16(21)23)4-7-22(8-5-18)17(24)14-10-13(19)2-3-15(14)25-9-6-20/h2-3,10H,4-9,11-12,20H2,1H3. The molecule has 2 saturated heterocycles. The summed E-state index contributed by atoms with van der Waals surface area (Å²) in [4.78, 5) is 28.1. The van der Waals surface area contributed by atoms with Gasteiger partial charge >= 0.3 is 0 Å². The Hall–Kier alpha value is -1.83. The predicted octanol–water partition coefficient (Wildman–Crippen LogP) is 1.14. The smallest absolute Gasteiger partial charge is 0.257 e. The summed E-state index contributed by atoms with van der Waals surface area (Å²) in [6.45, 7) is 2.49. The molecule has 2 aliphatic rings. The second kappa shape index (κ2) is 7.82. The lowest BCUT2D eigenvalue weighted by Gasteiger charge is -2.46. The number of hydrogen-bond acceptors (Lipinski definition) is 5. The Balaban J connectivity index is 1.69. The number of piperidine rings is 1. The van der Waals surface area contributed by atoms with Gasteiger partial charge < -0.3 is 25.0 Å². The summed E-state index contributed by atoms with van der Waals surface area (Å²) < 4.78 is 11.4. The van der Waals surface area contributed by atoms with E-state index in [1.54, 1.807) is 35.0 Å². The molecule has 0 atom stereocenters. The van der Waals surface area contributed by atoms with E-state index in [2.05, 4.69) is 0 Å². The fraction of sp³-hybridized carbons (Fsp3) is 0.556. The maximum Gasteiger partial charge on any atom is 0.257 e. The molecule has 3 rings (SSSR count). The second-order valence-corrected chi connectivity index (χ2v) is 7.23. The second-order valence-electron chi connectivity index (χ2n) is 6.79. The third kappa shape index (κ3) is 3.95. The zero-order valence-corrected chi connectivity index (χ0v) is 15.6. The van der Waals surface area contributed by atoms with Crippen LogP contribution in [0.15, 0.2) is 18.2 Å². The Morgan fingerprint density at radius 2 is 2.12 bits per heavy atom. The molecule has 1 aromatic carbocycles. The zero-order chi connectivity index (χ0) is 18.7. The number of nitrogens with zero attached hydrogens (tertiary/aromatic N) is 2. The molecule has 7 nitrogen and oxygen atoms in total. The number of hydrogen-bond donors (Lipinski definition) is 1. The molecule has 0 bridgehead atoms. The van der Waals surface area contributed by atoms with Gasteiger partial charge in [0.2, 0.25) is 5.91 Å². The van der Waals surface area contributed by atoms with E-state index in [0.717, 1.165) is 0 Å². The van der Waals surface area contributed by atoms with Crippen molar-refractivity contribution in [3.63, 3.8) is 0 Å². The van der Waals surface area contributed by atoms with E-state index in [-0.39, 0.29) is 24.0 Å². The van der Waals surface area contributed by atoms with Gasteiger partial charge in [-0.2, -0.15) is 0 Å². The van der Waals surface area contributed by atoms with Gasteiger partial charge in [-0.3, -0.25) is 9.59 Å². The van der Waals surface area contributed by atoms with Crippen molar-refractivity contribution in [1.29, 1.82) is 0 Å². The number of halogens is 1. The van der Waals surface area contributed by atoms with Gasteiger partial charge in [0.25, 0.3) is 5.91 Å². The molecule has 142 valence electrons. The molecular weight excluding hydrogens is 358 g/mol. The van der Waals surface area contributed by atoms with Gasteiger partial charge in [0.1, 0.15) is 19.0 Å². The van der Waals surface area contributed by atoms with Crippen LogP contribution < -0.4 is 10.5 Å². The first-order valence-corrected chi connectivity index (χ1v) is 9.11. The highest BCUT2D eigenvalue weighted by atomic mass is 35.5. The summed E-state index contributed by atoms with van der Waals surface area (Å²) in [5.41, 5.74) is 5.58. The normalized spacial score (nSPS) is 19.7. The highest BCUT2D eigenvalue weighted by Gasteiger charge is 2.42. The summed E-state index contributed by atoms with van der Waals surface area (Å²) >= 11 is 6.07. The summed E-state index contributed by atoms with van der Waals surface area (Å²) in [6, 6.07) is 5.02. The van der Waals surface area contributed by atoms with Crippen LogP contribution in [-0.2, 0) is 9.53 Å². The molecule has 2 N–H and O–H groups in total. The first-order chi connectivity index (χ1) is 12.4. The lowest BCUT2D eigenvalue weighted by Crippen LogP contribution is -2.58.